The van der Waals surface area contributed by atoms with Crippen LogP contribution in [0.1, 0.15) is 17.0 Å². The maximum absolute atomic E-state index is 14.8. The summed E-state index contributed by atoms with van der Waals surface area (Å²) in [7, 11) is 1.70. The molecule has 4 aromatic rings. The molecule has 0 bridgehead atoms. The Morgan fingerprint density at radius 1 is 0.964 bits per heavy atom. The summed E-state index contributed by atoms with van der Waals surface area (Å²) in [6.45, 7) is 0. The smallest absolute Gasteiger partial charge is 0.178 e. The third-order valence-corrected chi connectivity index (χ3v) is 5.37. The lowest BCUT2D eigenvalue weighted by atomic mass is 9.84. The van der Waals surface area contributed by atoms with Crippen molar-refractivity contribution >= 4 is 23.0 Å². The topological polar surface area (TPSA) is 64.1 Å². The van der Waals surface area contributed by atoms with Crippen LogP contribution in [0, 0.1) is 11.6 Å². The molecule has 0 radical (unpaired) electrons. The predicted molar refractivity (Wildman–Crippen MR) is 106 cm³/mol. The summed E-state index contributed by atoms with van der Waals surface area (Å²) in [5, 5.41) is 17.4. The molecule has 0 atom stereocenters. The van der Waals surface area contributed by atoms with Gasteiger partial charge in [-0.15, -0.1) is 0 Å². The number of imidazole rings is 1. The number of fused-ring (bicyclic) bond motifs is 1. The first kappa shape index (κ1) is 18.6. The third-order valence-electron chi connectivity index (χ3n) is 4.84. The lowest BCUT2D eigenvalue weighted by Crippen LogP contribution is -2.34. The van der Waals surface area contributed by atoms with Gasteiger partial charge in [-0.2, -0.15) is 0 Å². The monoisotopic (exact) mass is 397 g/mol. The number of aliphatic hydroxyl groups is 1. The maximum Gasteiger partial charge on any atom is 0.178 e. The number of hydrogen-bond donors (Lipinski definition) is 2. The Kier molecular flexibility index (Phi) is 4.66. The Morgan fingerprint density at radius 2 is 1.54 bits per heavy atom. The number of nitrogens with zero attached hydrogens (tertiary/aromatic N) is 2. The summed E-state index contributed by atoms with van der Waals surface area (Å²) in [5.41, 5.74) is -1.00. The Labute approximate surface area is 164 Å². The Bertz CT molecular complexity index is 1130. The second-order valence-electron chi connectivity index (χ2n) is 6.43. The van der Waals surface area contributed by atoms with Crippen LogP contribution in [-0.4, -0.2) is 14.7 Å². The fourth-order valence-electron chi connectivity index (χ4n) is 3.46. The fraction of sp³-hybridized carbons (Fsp3) is 0.0952. The Morgan fingerprint density at radius 3 is 2.07 bits per heavy atom. The van der Waals surface area contributed by atoms with Gasteiger partial charge in [0, 0.05) is 23.1 Å². The number of aryl methyl sites for hydroxylation is 1. The fourth-order valence-corrected chi connectivity index (χ4v) is 3.79. The Balaban J connectivity index is 2.08. The molecule has 0 amide bonds. The molecule has 3 aromatic carbocycles. The molecule has 28 heavy (non-hydrogen) atoms. The molecule has 0 aliphatic heterocycles. The van der Waals surface area contributed by atoms with Crippen molar-refractivity contribution < 1.29 is 13.9 Å². The molecule has 1 heterocycles. The van der Waals surface area contributed by atoms with Gasteiger partial charge in [0.2, 0.25) is 0 Å². The first-order valence-corrected chi connectivity index (χ1v) is 9.41. The average molecular weight is 397 g/mol. The van der Waals surface area contributed by atoms with Gasteiger partial charge in [0.25, 0.3) is 0 Å². The van der Waals surface area contributed by atoms with E-state index in [1.165, 1.54) is 36.4 Å². The van der Waals surface area contributed by atoms with Crippen LogP contribution >= 0.6 is 11.9 Å². The normalized spacial score (nSPS) is 11.9. The molecule has 7 heteroatoms. The van der Waals surface area contributed by atoms with Gasteiger partial charge in [-0.05, 0) is 42.3 Å². The number of rotatable bonds is 4. The first-order chi connectivity index (χ1) is 13.5. The number of nitrogens with two attached hydrogens (primary N) is 1. The molecule has 0 spiro atoms. The standard InChI is InChI=1S/C21H17F2N3OS/c1-26-19-12-13(28-24)10-11-18(19)25-20(26)21(27,14-6-2-4-8-16(14)22)15-7-3-5-9-17(15)23/h2-12,27H,24H2,1H3. The highest BCUT2D eigenvalue weighted by molar-refractivity contribution is 7.97. The maximum atomic E-state index is 14.8. The van der Waals surface area contributed by atoms with Crippen LogP contribution in [0.2, 0.25) is 0 Å². The summed E-state index contributed by atoms with van der Waals surface area (Å²) >= 11 is 1.08. The lowest BCUT2D eigenvalue weighted by Gasteiger charge is -2.29. The van der Waals surface area contributed by atoms with E-state index in [1.54, 1.807) is 35.9 Å². The van der Waals surface area contributed by atoms with Crippen LogP contribution in [0.25, 0.3) is 11.0 Å². The zero-order valence-corrected chi connectivity index (χ0v) is 15.8. The van der Waals surface area contributed by atoms with Crippen molar-refractivity contribution in [2.24, 2.45) is 12.2 Å². The number of halogens is 2. The minimum atomic E-state index is -2.12. The minimum absolute atomic E-state index is 0.0769. The van der Waals surface area contributed by atoms with Gasteiger partial charge >= 0.3 is 0 Å². The second-order valence-corrected chi connectivity index (χ2v) is 7.14. The molecule has 3 N–H and O–H groups in total. The molecule has 0 fully saturated rings. The molecule has 0 aliphatic rings. The average Bonchev–Trinajstić information content (AvgIpc) is 3.04. The first-order valence-electron chi connectivity index (χ1n) is 8.53. The van der Waals surface area contributed by atoms with Crippen molar-refractivity contribution in [3.8, 4) is 0 Å². The molecular formula is C21H17F2N3OS. The van der Waals surface area contributed by atoms with Crippen molar-refractivity contribution in [1.29, 1.82) is 0 Å². The number of benzene rings is 3. The highest BCUT2D eigenvalue weighted by atomic mass is 32.2. The van der Waals surface area contributed by atoms with Crippen LogP contribution in [0.5, 0.6) is 0 Å². The van der Waals surface area contributed by atoms with Gasteiger partial charge in [-0.25, -0.2) is 13.8 Å². The number of hydrogen-bond acceptors (Lipinski definition) is 4. The van der Waals surface area contributed by atoms with Crippen molar-refractivity contribution in [2.75, 3.05) is 0 Å². The Hall–Kier alpha value is -2.74. The van der Waals surface area contributed by atoms with Gasteiger partial charge in [0.1, 0.15) is 11.6 Å². The molecule has 0 aliphatic carbocycles. The molecule has 0 saturated carbocycles. The van der Waals surface area contributed by atoms with Gasteiger partial charge in [-0.1, -0.05) is 36.4 Å². The summed E-state index contributed by atoms with van der Waals surface area (Å²) in [5.74, 6) is -1.20. The van der Waals surface area contributed by atoms with Gasteiger partial charge in [-0.3, -0.25) is 5.14 Å². The van der Waals surface area contributed by atoms with E-state index in [9.17, 15) is 13.9 Å². The van der Waals surface area contributed by atoms with E-state index in [0.29, 0.717) is 11.0 Å². The predicted octanol–water partition coefficient (Wildman–Crippen LogP) is 4.10. The molecule has 142 valence electrons. The van der Waals surface area contributed by atoms with E-state index in [-0.39, 0.29) is 17.0 Å². The SMILES string of the molecule is Cn1c(C(O)(c2ccccc2F)c2ccccc2F)nc2ccc(SN)cc21. The van der Waals surface area contributed by atoms with Crippen LogP contribution in [0.4, 0.5) is 8.78 Å². The molecule has 4 rings (SSSR count). The van der Waals surface area contributed by atoms with Crippen LogP contribution in [0.15, 0.2) is 71.6 Å². The largest absolute Gasteiger partial charge is 0.373 e. The van der Waals surface area contributed by atoms with Crippen molar-refractivity contribution in [3.05, 3.63) is 95.3 Å². The molecule has 0 saturated heterocycles. The lowest BCUT2D eigenvalue weighted by molar-refractivity contribution is 0.104. The van der Waals surface area contributed by atoms with E-state index in [4.69, 9.17) is 5.14 Å². The zero-order chi connectivity index (χ0) is 19.9. The summed E-state index contributed by atoms with van der Waals surface area (Å²) in [6.07, 6.45) is 0. The third kappa shape index (κ3) is 2.79. The second kappa shape index (κ2) is 7.01. The minimum Gasteiger partial charge on any atom is -0.373 e. The summed E-state index contributed by atoms with van der Waals surface area (Å²) in [6, 6.07) is 16.9. The molecule has 1 aromatic heterocycles. The summed E-state index contributed by atoms with van der Waals surface area (Å²) < 4.78 is 31.1. The summed E-state index contributed by atoms with van der Waals surface area (Å²) in [4.78, 5) is 5.33. The van der Waals surface area contributed by atoms with E-state index in [2.05, 4.69) is 4.98 Å². The van der Waals surface area contributed by atoms with Crippen LogP contribution in [0.3, 0.4) is 0 Å². The van der Waals surface area contributed by atoms with Crippen molar-refractivity contribution in [3.63, 3.8) is 0 Å². The highest BCUT2D eigenvalue weighted by Gasteiger charge is 2.42. The quantitative estimate of drug-likeness (QED) is 0.509. The van der Waals surface area contributed by atoms with Crippen LogP contribution < -0.4 is 5.14 Å². The van der Waals surface area contributed by atoms with Gasteiger partial charge in [0.05, 0.1) is 11.0 Å². The number of aromatic nitrogens is 2. The molecule has 0 unspecified atom stereocenters. The molecule has 4 nitrogen and oxygen atoms in total. The van der Waals surface area contributed by atoms with E-state index >= 15 is 0 Å². The van der Waals surface area contributed by atoms with E-state index < -0.39 is 17.2 Å². The zero-order valence-electron chi connectivity index (χ0n) is 14.9. The van der Waals surface area contributed by atoms with E-state index in [1.807, 2.05) is 6.07 Å². The van der Waals surface area contributed by atoms with Crippen LogP contribution in [-0.2, 0) is 12.6 Å². The van der Waals surface area contributed by atoms with Gasteiger partial charge in [0.15, 0.2) is 11.4 Å². The van der Waals surface area contributed by atoms with E-state index in [0.717, 1.165) is 16.8 Å². The highest BCUT2D eigenvalue weighted by Crippen LogP contribution is 2.39. The van der Waals surface area contributed by atoms with Crippen molar-refractivity contribution in [1.82, 2.24) is 9.55 Å². The van der Waals surface area contributed by atoms with Gasteiger partial charge < -0.3 is 9.67 Å². The van der Waals surface area contributed by atoms with Crippen molar-refractivity contribution in [2.45, 2.75) is 10.5 Å². The molecular weight excluding hydrogens is 380 g/mol.